The van der Waals surface area contributed by atoms with Crippen molar-refractivity contribution in [2.24, 2.45) is 0 Å². The van der Waals surface area contributed by atoms with E-state index in [1.807, 2.05) is 0 Å². The molecule has 1 N–H and O–H groups in total. The molecule has 1 heterocycles. The lowest BCUT2D eigenvalue weighted by Crippen LogP contribution is -2.12. The minimum Gasteiger partial charge on any atom is -0.363 e. The standard InChI is InChI=1S/C5H5ClN2O2/c6-3-5(9)7-4-1-2-10-8-4/h1-2H,3H2,(H,7,8,9). The molecule has 0 aliphatic rings. The quantitative estimate of drug-likeness (QED) is 0.653. The molecule has 0 saturated heterocycles. The van der Waals surface area contributed by atoms with Crippen molar-refractivity contribution in [1.82, 2.24) is 5.16 Å². The summed E-state index contributed by atoms with van der Waals surface area (Å²) in [5.41, 5.74) is 0. The summed E-state index contributed by atoms with van der Waals surface area (Å²) in [6, 6.07) is 1.53. The summed E-state index contributed by atoms with van der Waals surface area (Å²) < 4.78 is 4.45. The molecule has 5 heteroatoms. The first-order valence-electron chi connectivity index (χ1n) is 2.59. The van der Waals surface area contributed by atoms with Gasteiger partial charge in [-0.3, -0.25) is 4.79 Å². The molecule has 0 spiro atoms. The van der Waals surface area contributed by atoms with Gasteiger partial charge in [-0.25, -0.2) is 0 Å². The van der Waals surface area contributed by atoms with Crippen LogP contribution in [0.1, 0.15) is 0 Å². The Labute approximate surface area is 62.1 Å². The molecule has 0 aliphatic heterocycles. The maximum Gasteiger partial charge on any atom is 0.240 e. The zero-order valence-corrected chi connectivity index (χ0v) is 5.76. The highest BCUT2D eigenvalue weighted by Crippen LogP contribution is 2.00. The van der Waals surface area contributed by atoms with E-state index in [9.17, 15) is 4.79 Å². The van der Waals surface area contributed by atoms with Gasteiger partial charge in [0.05, 0.1) is 0 Å². The van der Waals surface area contributed by atoms with Gasteiger partial charge in [0.1, 0.15) is 12.1 Å². The van der Waals surface area contributed by atoms with Crippen molar-refractivity contribution in [1.29, 1.82) is 0 Å². The first-order valence-corrected chi connectivity index (χ1v) is 3.12. The van der Waals surface area contributed by atoms with Crippen molar-refractivity contribution in [2.75, 3.05) is 11.2 Å². The van der Waals surface area contributed by atoms with E-state index in [1.165, 1.54) is 12.3 Å². The Morgan fingerprint density at radius 2 is 2.70 bits per heavy atom. The topological polar surface area (TPSA) is 55.1 Å². The van der Waals surface area contributed by atoms with Crippen LogP contribution in [-0.2, 0) is 4.79 Å². The largest absolute Gasteiger partial charge is 0.363 e. The van der Waals surface area contributed by atoms with Crippen LogP contribution in [0.3, 0.4) is 0 Å². The Morgan fingerprint density at radius 1 is 1.90 bits per heavy atom. The molecule has 10 heavy (non-hydrogen) atoms. The summed E-state index contributed by atoms with van der Waals surface area (Å²) in [6.45, 7) is 0. The van der Waals surface area contributed by atoms with Crippen LogP contribution in [0.5, 0.6) is 0 Å². The molecule has 54 valence electrons. The van der Waals surface area contributed by atoms with E-state index in [0.29, 0.717) is 5.82 Å². The highest BCUT2D eigenvalue weighted by atomic mass is 35.5. The third-order valence-corrected chi connectivity index (χ3v) is 1.07. The number of rotatable bonds is 2. The molecule has 0 aromatic carbocycles. The lowest BCUT2D eigenvalue weighted by molar-refractivity contribution is -0.114. The molecule has 0 saturated carbocycles. The minimum absolute atomic E-state index is 0.0765. The Kier molecular flexibility index (Phi) is 2.28. The highest BCUT2D eigenvalue weighted by molar-refractivity contribution is 6.28. The molecular weight excluding hydrogens is 156 g/mol. The summed E-state index contributed by atoms with van der Waals surface area (Å²) in [6.07, 6.45) is 1.36. The average molecular weight is 161 g/mol. The fourth-order valence-electron chi connectivity index (χ4n) is 0.453. The summed E-state index contributed by atoms with van der Waals surface area (Å²) in [5.74, 6) is 0.00793. The van der Waals surface area contributed by atoms with Gasteiger partial charge in [0.2, 0.25) is 5.91 Å². The monoisotopic (exact) mass is 160 g/mol. The fraction of sp³-hybridized carbons (Fsp3) is 0.200. The van der Waals surface area contributed by atoms with Crippen LogP contribution >= 0.6 is 11.6 Å². The second kappa shape index (κ2) is 3.22. The van der Waals surface area contributed by atoms with Crippen LogP contribution in [0.2, 0.25) is 0 Å². The summed E-state index contributed by atoms with van der Waals surface area (Å²) >= 11 is 5.20. The van der Waals surface area contributed by atoms with E-state index in [4.69, 9.17) is 11.6 Å². The molecule has 0 radical (unpaired) electrons. The van der Waals surface area contributed by atoms with E-state index in [1.54, 1.807) is 0 Å². The number of hydrogen-bond acceptors (Lipinski definition) is 3. The maximum absolute atomic E-state index is 10.6. The van der Waals surface area contributed by atoms with E-state index >= 15 is 0 Å². The Bertz CT molecular complexity index is 209. The molecule has 0 atom stereocenters. The molecule has 1 amide bonds. The molecule has 0 bridgehead atoms. The molecule has 0 aliphatic carbocycles. The van der Waals surface area contributed by atoms with Crippen LogP contribution in [-0.4, -0.2) is 16.9 Å². The fourth-order valence-corrected chi connectivity index (χ4v) is 0.520. The summed E-state index contributed by atoms with van der Waals surface area (Å²) in [7, 11) is 0. The van der Waals surface area contributed by atoms with Gasteiger partial charge in [-0.2, -0.15) is 0 Å². The Hall–Kier alpha value is -1.03. The van der Waals surface area contributed by atoms with Crippen LogP contribution in [0, 0.1) is 0 Å². The van der Waals surface area contributed by atoms with Gasteiger partial charge >= 0.3 is 0 Å². The highest BCUT2D eigenvalue weighted by Gasteiger charge is 2.00. The molecular formula is C5H5ClN2O2. The number of anilines is 1. The second-order valence-electron chi connectivity index (χ2n) is 1.57. The third kappa shape index (κ3) is 1.73. The first kappa shape index (κ1) is 7.08. The Balaban J connectivity index is 2.48. The lowest BCUT2D eigenvalue weighted by Gasteiger charge is -1.93. The number of alkyl halides is 1. The zero-order valence-electron chi connectivity index (χ0n) is 5.00. The van der Waals surface area contributed by atoms with Crippen molar-refractivity contribution in [3.63, 3.8) is 0 Å². The van der Waals surface area contributed by atoms with Gasteiger partial charge in [0, 0.05) is 6.07 Å². The van der Waals surface area contributed by atoms with Gasteiger partial charge < -0.3 is 9.84 Å². The SMILES string of the molecule is O=C(CCl)Nc1ccon1. The van der Waals surface area contributed by atoms with Gasteiger partial charge in [0.25, 0.3) is 0 Å². The smallest absolute Gasteiger partial charge is 0.240 e. The third-order valence-electron chi connectivity index (χ3n) is 0.827. The average Bonchev–Trinajstić information content (AvgIpc) is 2.40. The maximum atomic E-state index is 10.6. The number of carbonyl (C=O) groups is 1. The van der Waals surface area contributed by atoms with Gasteiger partial charge in [-0.05, 0) is 0 Å². The van der Waals surface area contributed by atoms with Gasteiger partial charge in [0.15, 0.2) is 5.82 Å². The van der Waals surface area contributed by atoms with E-state index in [2.05, 4.69) is 15.0 Å². The molecule has 1 aromatic heterocycles. The van der Waals surface area contributed by atoms with E-state index in [-0.39, 0.29) is 11.8 Å². The number of nitrogens with one attached hydrogen (secondary N) is 1. The van der Waals surface area contributed by atoms with Crippen molar-refractivity contribution >= 4 is 23.3 Å². The van der Waals surface area contributed by atoms with Crippen molar-refractivity contribution in [2.45, 2.75) is 0 Å². The minimum atomic E-state index is -0.296. The predicted molar refractivity (Wildman–Crippen MR) is 35.9 cm³/mol. The van der Waals surface area contributed by atoms with Crippen LogP contribution in [0.25, 0.3) is 0 Å². The van der Waals surface area contributed by atoms with Gasteiger partial charge in [-0.1, -0.05) is 5.16 Å². The number of hydrogen-bond donors (Lipinski definition) is 1. The number of halogens is 1. The normalized spacial score (nSPS) is 9.30. The zero-order chi connectivity index (χ0) is 7.40. The summed E-state index contributed by atoms with van der Waals surface area (Å²) in [5, 5.41) is 5.83. The van der Waals surface area contributed by atoms with Gasteiger partial charge in [-0.15, -0.1) is 11.6 Å². The predicted octanol–water partition coefficient (Wildman–Crippen LogP) is 0.852. The van der Waals surface area contributed by atoms with E-state index < -0.39 is 0 Å². The number of carbonyl (C=O) groups excluding carboxylic acids is 1. The summed E-state index contributed by atoms with van der Waals surface area (Å²) in [4.78, 5) is 10.6. The molecule has 4 nitrogen and oxygen atoms in total. The Morgan fingerprint density at radius 3 is 3.20 bits per heavy atom. The van der Waals surface area contributed by atoms with Crippen molar-refractivity contribution < 1.29 is 9.32 Å². The molecule has 1 aromatic rings. The number of aromatic nitrogens is 1. The number of amides is 1. The first-order chi connectivity index (χ1) is 4.83. The van der Waals surface area contributed by atoms with Crippen molar-refractivity contribution in [3.8, 4) is 0 Å². The molecule has 0 fully saturated rings. The van der Waals surface area contributed by atoms with Crippen LogP contribution < -0.4 is 5.32 Å². The lowest BCUT2D eigenvalue weighted by atomic mass is 10.6. The van der Waals surface area contributed by atoms with E-state index in [0.717, 1.165) is 0 Å². The molecule has 1 rings (SSSR count). The molecule has 0 unspecified atom stereocenters. The van der Waals surface area contributed by atoms with Crippen molar-refractivity contribution in [3.05, 3.63) is 12.3 Å². The number of nitrogens with zero attached hydrogens (tertiary/aromatic N) is 1. The van der Waals surface area contributed by atoms with Crippen LogP contribution in [0.15, 0.2) is 16.9 Å². The second-order valence-corrected chi connectivity index (χ2v) is 1.83. The van der Waals surface area contributed by atoms with Crippen LogP contribution in [0.4, 0.5) is 5.82 Å².